The zero-order chi connectivity index (χ0) is 16.7. The van der Waals surface area contributed by atoms with Crippen LogP contribution in [0.15, 0.2) is 18.2 Å². The molecule has 2 aliphatic rings. The van der Waals surface area contributed by atoms with Crippen molar-refractivity contribution in [1.82, 2.24) is 4.90 Å². The van der Waals surface area contributed by atoms with Gasteiger partial charge in [-0.15, -0.1) is 0 Å². The molecule has 1 aromatic carbocycles. The Labute approximate surface area is 133 Å². The lowest BCUT2D eigenvalue weighted by atomic mass is 9.61. The van der Waals surface area contributed by atoms with Gasteiger partial charge < -0.3 is 9.64 Å². The first-order chi connectivity index (χ1) is 10.8. The summed E-state index contributed by atoms with van der Waals surface area (Å²) >= 11 is 0. The normalized spacial score (nSPS) is 21.1. The highest BCUT2D eigenvalue weighted by molar-refractivity contribution is 5.47. The number of carbonyl (C=O) groups is 1. The van der Waals surface area contributed by atoms with Gasteiger partial charge in [0, 0.05) is 13.1 Å². The second-order valence-corrected chi connectivity index (χ2v) is 6.77. The van der Waals surface area contributed by atoms with Crippen molar-refractivity contribution in [2.45, 2.75) is 44.9 Å². The molecule has 1 heterocycles. The number of alkyl halides is 3. The fourth-order valence-corrected chi connectivity index (χ4v) is 3.64. The van der Waals surface area contributed by atoms with E-state index in [0.29, 0.717) is 11.3 Å². The quantitative estimate of drug-likeness (QED) is 0.791. The van der Waals surface area contributed by atoms with Crippen molar-refractivity contribution in [1.29, 1.82) is 0 Å². The molecule has 6 heteroatoms. The summed E-state index contributed by atoms with van der Waals surface area (Å²) < 4.78 is 43.9. The summed E-state index contributed by atoms with van der Waals surface area (Å²) in [5.41, 5.74) is 0.120. The number of carbonyl (C=O) groups excluding carboxylic acids is 1. The Morgan fingerprint density at radius 3 is 2.43 bits per heavy atom. The van der Waals surface area contributed by atoms with Crippen LogP contribution in [0, 0.1) is 12.3 Å². The van der Waals surface area contributed by atoms with Gasteiger partial charge in [0.05, 0.1) is 11.7 Å². The van der Waals surface area contributed by atoms with Crippen LogP contribution < -0.4 is 4.74 Å². The number of hydrogen-bond donors (Lipinski definition) is 0. The number of ether oxygens (including phenoxy) is 1. The fourth-order valence-electron chi connectivity index (χ4n) is 3.64. The summed E-state index contributed by atoms with van der Waals surface area (Å²) in [6, 6.07) is 3.61. The van der Waals surface area contributed by atoms with Crippen molar-refractivity contribution < 1.29 is 22.7 Å². The van der Waals surface area contributed by atoms with Crippen molar-refractivity contribution in [2.24, 2.45) is 5.41 Å². The first-order valence-corrected chi connectivity index (χ1v) is 7.85. The Kier molecular flexibility index (Phi) is 4.02. The number of halogens is 3. The van der Waals surface area contributed by atoms with Gasteiger partial charge in [-0.3, -0.25) is 4.79 Å². The van der Waals surface area contributed by atoms with E-state index in [4.69, 9.17) is 4.74 Å². The summed E-state index contributed by atoms with van der Waals surface area (Å²) in [6.45, 7) is 3.21. The van der Waals surface area contributed by atoms with Gasteiger partial charge in [0.25, 0.3) is 0 Å². The average molecular weight is 327 g/mol. The molecule has 0 aromatic heterocycles. The number of hydrogen-bond acceptors (Lipinski definition) is 2. The Bertz CT molecular complexity index is 584. The van der Waals surface area contributed by atoms with Crippen molar-refractivity contribution in [3.63, 3.8) is 0 Å². The van der Waals surface area contributed by atoms with Crippen LogP contribution in [0.4, 0.5) is 13.2 Å². The van der Waals surface area contributed by atoms with Gasteiger partial charge >= 0.3 is 6.18 Å². The lowest BCUT2D eigenvalue weighted by molar-refractivity contribution is -0.137. The van der Waals surface area contributed by atoms with E-state index in [1.165, 1.54) is 6.07 Å². The van der Waals surface area contributed by atoms with Crippen LogP contribution in [-0.4, -0.2) is 30.5 Å². The van der Waals surface area contributed by atoms with Crippen LogP contribution in [0.1, 0.15) is 36.8 Å². The molecule has 2 fully saturated rings. The van der Waals surface area contributed by atoms with Crippen LogP contribution in [-0.2, 0) is 11.0 Å². The summed E-state index contributed by atoms with van der Waals surface area (Å²) in [6.07, 6.45) is 0.435. The molecule has 1 aromatic rings. The van der Waals surface area contributed by atoms with Gasteiger partial charge in [-0.25, -0.2) is 0 Å². The fraction of sp³-hybridized carbons (Fsp3) is 0.588. The van der Waals surface area contributed by atoms with Crippen LogP contribution >= 0.6 is 0 Å². The molecule has 3 nitrogen and oxygen atoms in total. The van der Waals surface area contributed by atoms with E-state index in [1.807, 2.05) is 0 Å². The first kappa shape index (κ1) is 16.1. The van der Waals surface area contributed by atoms with Crippen LogP contribution in [0.2, 0.25) is 0 Å². The third-order valence-corrected chi connectivity index (χ3v) is 5.13. The SMILES string of the molecule is Cc1cc(C(F)(F)F)ccc1OC1CC2(CCN(C=O)CC2)C1. The molecule has 0 unspecified atom stereocenters. The summed E-state index contributed by atoms with van der Waals surface area (Å²) in [5, 5.41) is 0. The Balaban J connectivity index is 1.57. The van der Waals surface area contributed by atoms with Crippen molar-refractivity contribution in [3.8, 4) is 5.75 Å². The van der Waals surface area contributed by atoms with Gasteiger partial charge in [-0.1, -0.05) is 0 Å². The summed E-state index contributed by atoms with van der Waals surface area (Å²) in [7, 11) is 0. The molecule has 126 valence electrons. The second kappa shape index (κ2) is 5.73. The Morgan fingerprint density at radius 1 is 1.26 bits per heavy atom. The molecule has 3 rings (SSSR count). The topological polar surface area (TPSA) is 29.5 Å². The highest BCUT2D eigenvalue weighted by Crippen LogP contribution is 2.50. The van der Waals surface area contributed by atoms with Crippen molar-refractivity contribution >= 4 is 6.41 Å². The molecule has 0 radical (unpaired) electrons. The maximum Gasteiger partial charge on any atom is 0.416 e. The van der Waals surface area contributed by atoms with E-state index in [9.17, 15) is 18.0 Å². The van der Waals surface area contributed by atoms with Gasteiger partial charge in [-0.2, -0.15) is 13.2 Å². The van der Waals surface area contributed by atoms with Crippen molar-refractivity contribution in [2.75, 3.05) is 13.1 Å². The molecule has 0 N–H and O–H groups in total. The predicted octanol–water partition coefficient (Wildman–Crippen LogP) is 3.79. The van der Waals surface area contributed by atoms with E-state index in [2.05, 4.69) is 0 Å². The number of rotatable bonds is 3. The van der Waals surface area contributed by atoms with Crippen LogP contribution in [0.3, 0.4) is 0 Å². The van der Waals surface area contributed by atoms with E-state index in [1.54, 1.807) is 11.8 Å². The van der Waals surface area contributed by atoms with E-state index in [-0.39, 0.29) is 11.5 Å². The molecule has 1 saturated carbocycles. The lowest BCUT2D eigenvalue weighted by Gasteiger charge is -2.51. The van der Waals surface area contributed by atoms with Gasteiger partial charge in [0.15, 0.2) is 0 Å². The third kappa shape index (κ3) is 3.31. The zero-order valence-electron chi connectivity index (χ0n) is 13.0. The molecule has 1 amide bonds. The van der Waals surface area contributed by atoms with Crippen molar-refractivity contribution in [3.05, 3.63) is 29.3 Å². The number of benzene rings is 1. The smallest absolute Gasteiger partial charge is 0.416 e. The monoisotopic (exact) mass is 327 g/mol. The third-order valence-electron chi connectivity index (χ3n) is 5.13. The zero-order valence-corrected chi connectivity index (χ0v) is 13.0. The number of amides is 1. The van der Waals surface area contributed by atoms with E-state index >= 15 is 0 Å². The van der Waals surface area contributed by atoms with E-state index in [0.717, 1.165) is 57.3 Å². The molecule has 0 bridgehead atoms. The Morgan fingerprint density at radius 2 is 1.91 bits per heavy atom. The molecular formula is C17H20F3NO2. The minimum Gasteiger partial charge on any atom is -0.490 e. The molecule has 1 saturated heterocycles. The Hall–Kier alpha value is -1.72. The van der Waals surface area contributed by atoms with Gasteiger partial charge in [0.2, 0.25) is 6.41 Å². The molecule has 1 aliphatic heterocycles. The predicted molar refractivity (Wildman–Crippen MR) is 79.1 cm³/mol. The van der Waals surface area contributed by atoms with Crippen LogP contribution in [0.25, 0.3) is 0 Å². The molecule has 1 spiro atoms. The van der Waals surface area contributed by atoms with Gasteiger partial charge in [-0.05, 0) is 61.8 Å². The van der Waals surface area contributed by atoms with Crippen LogP contribution in [0.5, 0.6) is 5.75 Å². The van der Waals surface area contributed by atoms with E-state index < -0.39 is 11.7 Å². The number of likely N-dealkylation sites (tertiary alicyclic amines) is 1. The molecular weight excluding hydrogens is 307 g/mol. The minimum absolute atomic E-state index is 0.0632. The molecule has 23 heavy (non-hydrogen) atoms. The summed E-state index contributed by atoms with van der Waals surface area (Å²) in [5.74, 6) is 0.531. The number of nitrogens with zero attached hydrogens (tertiary/aromatic N) is 1. The molecule has 1 aliphatic carbocycles. The standard InChI is InChI=1S/C17H20F3NO2/c1-12-8-13(17(18,19)20)2-3-15(12)23-14-9-16(10-14)4-6-21(11-22)7-5-16/h2-3,8,11,14H,4-7,9-10H2,1H3. The molecule has 0 atom stereocenters. The highest BCUT2D eigenvalue weighted by Gasteiger charge is 2.47. The first-order valence-electron chi connectivity index (χ1n) is 7.85. The number of aryl methyl sites for hydroxylation is 1. The average Bonchev–Trinajstić information content (AvgIpc) is 2.47. The lowest BCUT2D eigenvalue weighted by Crippen LogP contribution is -2.50. The maximum atomic E-state index is 12.7. The number of piperidine rings is 1. The minimum atomic E-state index is -4.32. The summed E-state index contributed by atoms with van der Waals surface area (Å²) in [4.78, 5) is 12.5. The maximum absolute atomic E-state index is 12.7. The largest absolute Gasteiger partial charge is 0.490 e. The second-order valence-electron chi connectivity index (χ2n) is 6.77. The van der Waals surface area contributed by atoms with Gasteiger partial charge in [0.1, 0.15) is 5.75 Å². The highest BCUT2D eigenvalue weighted by atomic mass is 19.4.